The van der Waals surface area contributed by atoms with Crippen LogP contribution >= 0.6 is 0 Å². The zero-order chi connectivity index (χ0) is 12.5. The molecule has 3 rings (SSSR count). The Bertz CT molecular complexity index is 492. The topological polar surface area (TPSA) is 44.6 Å². The SMILES string of the molecule is CC1=CC2N=C(C(O)c3ccccc3)N[C@@H]2CC1. The molecule has 3 nitrogen and oxygen atoms in total. The lowest BCUT2D eigenvalue weighted by Gasteiger charge is -2.22. The average Bonchev–Trinajstić information content (AvgIpc) is 2.81. The van der Waals surface area contributed by atoms with Crippen LogP contribution in [-0.4, -0.2) is 23.0 Å². The molecule has 0 amide bonds. The Morgan fingerprint density at radius 3 is 2.89 bits per heavy atom. The highest BCUT2D eigenvalue weighted by atomic mass is 16.3. The minimum absolute atomic E-state index is 0.201. The summed E-state index contributed by atoms with van der Waals surface area (Å²) in [7, 11) is 0. The molecule has 1 aromatic rings. The van der Waals surface area contributed by atoms with E-state index in [9.17, 15) is 5.11 Å². The van der Waals surface area contributed by atoms with Gasteiger partial charge in [0.1, 0.15) is 11.9 Å². The number of aliphatic hydroxyl groups excluding tert-OH is 1. The minimum atomic E-state index is -0.634. The molecule has 3 atom stereocenters. The van der Waals surface area contributed by atoms with Crippen molar-refractivity contribution in [1.29, 1.82) is 0 Å². The highest BCUT2D eigenvalue weighted by Crippen LogP contribution is 2.26. The predicted molar refractivity (Wildman–Crippen MR) is 72.5 cm³/mol. The van der Waals surface area contributed by atoms with Gasteiger partial charge in [0.05, 0.1) is 12.1 Å². The number of hydrogen-bond donors (Lipinski definition) is 2. The number of aliphatic imine (C=N–C) groups is 1. The monoisotopic (exact) mass is 242 g/mol. The van der Waals surface area contributed by atoms with Gasteiger partial charge in [-0.2, -0.15) is 0 Å². The number of rotatable bonds is 2. The zero-order valence-corrected chi connectivity index (χ0v) is 10.5. The lowest BCUT2D eigenvalue weighted by atomic mass is 9.93. The quantitative estimate of drug-likeness (QED) is 0.781. The second-order valence-electron chi connectivity index (χ2n) is 5.12. The fourth-order valence-electron chi connectivity index (χ4n) is 2.66. The van der Waals surface area contributed by atoms with E-state index in [0.717, 1.165) is 18.4 Å². The van der Waals surface area contributed by atoms with Crippen molar-refractivity contribution in [3.63, 3.8) is 0 Å². The van der Waals surface area contributed by atoms with Gasteiger partial charge in [0.15, 0.2) is 0 Å². The van der Waals surface area contributed by atoms with Crippen LogP contribution in [0.1, 0.15) is 31.4 Å². The van der Waals surface area contributed by atoms with Crippen LogP contribution in [0.25, 0.3) is 0 Å². The van der Waals surface area contributed by atoms with Crippen molar-refractivity contribution in [3.8, 4) is 0 Å². The maximum absolute atomic E-state index is 10.3. The highest BCUT2D eigenvalue weighted by Gasteiger charge is 2.32. The molecule has 0 aromatic heterocycles. The Morgan fingerprint density at radius 1 is 1.33 bits per heavy atom. The van der Waals surface area contributed by atoms with Gasteiger partial charge in [0.2, 0.25) is 0 Å². The lowest BCUT2D eigenvalue weighted by molar-refractivity contribution is 0.243. The van der Waals surface area contributed by atoms with E-state index in [1.807, 2.05) is 30.3 Å². The van der Waals surface area contributed by atoms with Gasteiger partial charge in [-0.15, -0.1) is 0 Å². The number of fused-ring (bicyclic) bond motifs is 1. The summed E-state index contributed by atoms with van der Waals surface area (Å²) in [5.74, 6) is 0.710. The summed E-state index contributed by atoms with van der Waals surface area (Å²) in [6, 6.07) is 10.2. The van der Waals surface area contributed by atoms with E-state index in [1.54, 1.807) is 0 Å². The number of aliphatic hydroxyl groups is 1. The van der Waals surface area contributed by atoms with Crippen molar-refractivity contribution < 1.29 is 5.11 Å². The zero-order valence-electron chi connectivity index (χ0n) is 10.5. The Balaban J connectivity index is 1.81. The molecule has 1 heterocycles. The van der Waals surface area contributed by atoms with Crippen LogP contribution in [0.4, 0.5) is 0 Å². The second-order valence-corrected chi connectivity index (χ2v) is 5.12. The molecule has 0 saturated carbocycles. The third-order valence-corrected chi connectivity index (χ3v) is 3.71. The first-order valence-electron chi connectivity index (χ1n) is 6.48. The van der Waals surface area contributed by atoms with Crippen molar-refractivity contribution in [2.45, 2.75) is 38.0 Å². The number of nitrogens with one attached hydrogen (secondary N) is 1. The summed E-state index contributed by atoms with van der Waals surface area (Å²) < 4.78 is 0. The second kappa shape index (κ2) is 4.58. The van der Waals surface area contributed by atoms with Crippen LogP contribution in [0, 0.1) is 0 Å². The van der Waals surface area contributed by atoms with Gasteiger partial charge in [-0.25, -0.2) is 0 Å². The highest BCUT2D eigenvalue weighted by molar-refractivity contribution is 5.89. The molecule has 94 valence electrons. The van der Waals surface area contributed by atoms with Gasteiger partial charge in [-0.3, -0.25) is 4.99 Å². The summed E-state index contributed by atoms with van der Waals surface area (Å²) in [4.78, 5) is 4.62. The predicted octanol–water partition coefficient (Wildman–Crippen LogP) is 2.20. The summed E-state index contributed by atoms with van der Waals surface area (Å²) >= 11 is 0. The van der Waals surface area contributed by atoms with Crippen LogP contribution in [0.5, 0.6) is 0 Å². The maximum Gasteiger partial charge on any atom is 0.136 e. The van der Waals surface area contributed by atoms with E-state index >= 15 is 0 Å². The van der Waals surface area contributed by atoms with Gasteiger partial charge in [-0.1, -0.05) is 42.0 Å². The van der Waals surface area contributed by atoms with Crippen molar-refractivity contribution in [3.05, 3.63) is 47.5 Å². The molecule has 1 aliphatic heterocycles. The number of amidine groups is 1. The van der Waals surface area contributed by atoms with E-state index < -0.39 is 6.10 Å². The molecule has 1 aliphatic carbocycles. The Morgan fingerprint density at radius 2 is 2.11 bits per heavy atom. The van der Waals surface area contributed by atoms with E-state index in [0.29, 0.717) is 11.9 Å². The van der Waals surface area contributed by atoms with Crippen LogP contribution in [0.2, 0.25) is 0 Å². The number of allylic oxidation sites excluding steroid dienone is 1. The molecule has 0 radical (unpaired) electrons. The standard InChI is InChI=1S/C15H18N2O/c1-10-7-8-12-13(9-10)17-15(16-12)14(18)11-5-3-2-4-6-11/h2-6,9,12-14,18H,7-8H2,1H3,(H,16,17)/t12-,13?,14?/m1/s1. The Labute approximate surface area is 107 Å². The molecule has 2 N–H and O–H groups in total. The molecule has 1 aromatic carbocycles. The van der Waals surface area contributed by atoms with Crippen LogP contribution in [-0.2, 0) is 0 Å². The Kier molecular flexibility index (Phi) is 2.92. The van der Waals surface area contributed by atoms with Gasteiger partial charge >= 0.3 is 0 Å². The van der Waals surface area contributed by atoms with Crippen molar-refractivity contribution >= 4 is 5.84 Å². The fourth-order valence-corrected chi connectivity index (χ4v) is 2.66. The molecule has 3 heteroatoms. The largest absolute Gasteiger partial charge is 0.380 e. The molecular formula is C15H18N2O. The summed E-state index contributed by atoms with van der Waals surface area (Å²) in [6.07, 6.45) is 3.80. The summed E-state index contributed by atoms with van der Waals surface area (Å²) in [5.41, 5.74) is 2.29. The normalized spacial score (nSPS) is 27.9. The fraction of sp³-hybridized carbons (Fsp3) is 0.400. The molecule has 0 spiro atoms. The summed E-state index contributed by atoms with van der Waals surface area (Å²) in [5, 5.41) is 13.7. The summed E-state index contributed by atoms with van der Waals surface area (Å²) in [6.45, 7) is 2.15. The van der Waals surface area contributed by atoms with Crippen LogP contribution in [0.3, 0.4) is 0 Å². The Hall–Kier alpha value is -1.61. The van der Waals surface area contributed by atoms with Gasteiger partial charge in [0, 0.05) is 0 Å². The first kappa shape index (κ1) is 11.5. The van der Waals surface area contributed by atoms with Gasteiger partial charge in [0.25, 0.3) is 0 Å². The molecule has 0 bridgehead atoms. The number of hydrogen-bond acceptors (Lipinski definition) is 3. The van der Waals surface area contributed by atoms with Crippen LogP contribution in [0.15, 0.2) is 47.0 Å². The molecular weight excluding hydrogens is 224 g/mol. The molecule has 18 heavy (non-hydrogen) atoms. The molecule has 2 unspecified atom stereocenters. The van der Waals surface area contributed by atoms with E-state index in [1.165, 1.54) is 5.57 Å². The van der Waals surface area contributed by atoms with Crippen molar-refractivity contribution in [2.24, 2.45) is 4.99 Å². The van der Waals surface area contributed by atoms with E-state index in [2.05, 4.69) is 23.3 Å². The van der Waals surface area contributed by atoms with Gasteiger partial charge in [-0.05, 0) is 25.3 Å². The van der Waals surface area contributed by atoms with E-state index in [-0.39, 0.29) is 6.04 Å². The number of nitrogens with zero attached hydrogens (tertiary/aromatic N) is 1. The van der Waals surface area contributed by atoms with Gasteiger partial charge < -0.3 is 10.4 Å². The molecule has 0 saturated heterocycles. The third kappa shape index (κ3) is 2.06. The number of benzene rings is 1. The van der Waals surface area contributed by atoms with Crippen LogP contribution < -0.4 is 5.32 Å². The smallest absolute Gasteiger partial charge is 0.136 e. The average molecular weight is 242 g/mol. The first-order valence-corrected chi connectivity index (χ1v) is 6.48. The van der Waals surface area contributed by atoms with E-state index in [4.69, 9.17) is 0 Å². The van der Waals surface area contributed by atoms with Crippen molar-refractivity contribution in [2.75, 3.05) is 0 Å². The first-order chi connectivity index (χ1) is 8.74. The maximum atomic E-state index is 10.3. The third-order valence-electron chi connectivity index (χ3n) is 3.71. The minimum Gasteiger partial charge on any atom is -0.380 e. The molecule has 2 aliphatic rings. The molecule has 0 fully saturated rings. The lowest BCUT2D eigenvalue weighted by Crippen LogP contribution is -2.37. The van der Waals surface area contributed by atoms with Crippen molar-refractivity contribution in [1.82, 2.24) is 5.32 Å².